The van der Waals surface area contributed by atoms with Gasteiger partial charge in [-0.3, -0.25) is 4.98 Å². The number of carbonyl (C=O) groups is 1. The Kier molecular flexibility index (Phi) is 5.07. The van der Waals surface area contributed by atoms with Gasteiger partial charge in [-0.05, 0) is 6.07 Å². The Morgan fingerprint density at radius 2 is 2.33 bits per heavy atom. The quantitative estimate of drug-likeness (QED) is 0.572. The van der Waals surface area contributed by atoms with Crippen LogP contribution in [-0.4, -0.2) is 31.3 Å². The normalized spacial score (nSPS) is 10.0. The number of methoxy groups -OCH3 is 1. The number of ether oxygens (including phenoxy) is 2. The Hall–Kier alpha value is -1.13. The van der Waals surface area contributed by atoms with Gasteiger partial charge >= 0.3 is 5.97 Å². The first kappa shape index (κ1) is 11.9. The molecule has 0 N–H and O–H groups in total. The van der Waals surface area contributed by atoms with Crippen LogP contribution < -0.4 is 0 Å². The van der Waals surface area contributed by atoms with E-state index in [-0.39, 0.29) is 5.56 Å². The van der Waals surface area contributed by atoms with Crippen LogP contribution >= 0.6 is 11.6 Å². The molecule has 0 unspecified atom stereocenters. The van der Waals surface area contributed by atoms with E-state index < -0.39 is 5.97 Å². The van der Waals surface area contributed by atoms with Crippen LogP contribution in [0.1, 0.15) is 16.8 Å². The maximum atomic E-state index is 11.4. The zero-order chi connectivity index (χ0) is 11.1. The van der Waals surface area contributed by atoms with E-state index in [1.165, 1.54) is 12.4 Å². The summed E-state index contributed by atoms with van der Waals surface area (Å²) >= 11 is 5.79. The second-order valence-electron chi connectivity index (χ2n) is 2.84. The molecule has 0 aliphatic rings. The number of hydrogen-bond acceptors (Lipinski definition) is 4. The van der Waals surface area contributed by atoms with E-state index in [1.807, 2.05) is 0 Å². The highest BCUT2D eigenvalue weighted by Gasteiger charge is 2.10. The van der Waals surface area contributed by atoms with Crippen molar-refractivity contribution >= 4 is 17.6 Å². The number of pyridine rings is 1. The second kappa shape index (κ2) is 6.37. The Labute approximate surface area is 93.2 Å². The Morgan fingerprint density at radius 1 is 1.53 bits per heavy atom. The molecule has 0 bridgehead atoms. The van der Waals surface area contributed by atoms with Gasteiger partial charge in [0.1, 0.15) is 0 Å². The van der Waals surface area contributed by atoms with Crippen molar-refractivity contribution in [3.8, 4) is 0 Å². The third kappa shape index (κ3) is 3.85. The van der Waals surface area contributed by atoms with Gasteiger partial charge in [0.15, 0.2) is 0 Å². The second-order valence-corrected chi connectivity index (χ2v) is 3.24. The predicted molar refractivity (Wildman–Crippen MR) is 56.0 cm³/mol. The van der Waals surface area contributed by atoms with E-state index in [1.54, 1.807) is 13.2 Å². The highest BCUT2D eigenvalue weighted by Crippen LogP contribution is 2.14. The van der Waals surface area contributed by atoms with Crippen LogP contribution in [0.2, 0.25) is 5.02 Å². The average molecular weight is 230 g/mol. The van der Waals surface area contributed by atoms with E-state index in [0.717, 1.165) is 0 Å². The van der Waals surface area contributed by atoms with E-state index in [4.69, 9.17) is 21.1 Å². The molecule has 0 fully saturated rings. The molecule has 0 radical (unpaired) electrons. The summed E-state index contributed by atoms with van der Waals surface area (Å²) in [5.74, 6) is -0.454. The lowest BCUT2D eigenvalue weighted by Crippen LogP contribution is -2.08. The summed E-state index contributed by atoms with van der Waals surface area (Å²) in [6, 6.07) is 1.55. The van der Waals surface area contributed by atoms with E-state index in [9.17, 15) is 4.79 Å². The molecule has 0 aliphatic heterocycles. The molecule has 15 heavy (non-hydrogen) atoms. The van der Waals surface area contributed by atoms with Crippen LogP contribution in [0.5, 0.6) is 0 Å². The minimum atomic E-state index is -0.454. The zero-order valence-electron chi connectivity index (χ0n) is 8.40. The van der Waals surface area contributed by atoms with E-state index in [2.05, 4.69) is 4.98 Å². The molecule has 1 rings (SSSR count). The minimum Gasteiger partial charge on any atom is -0.462 e. The smallest absolute Gasteiger partial charge is 0.341 e. The number of halogens is 1. The molecule has 0 amide bonds. The molecule has 0 atom stereocenters. The molecular weight excluding hydrogens is 218 g/mol. The molecule has 0 aromatic carbocycles. The Morgan fingerprint density at radius 3 is 3.00 bits per heavy atom. The predicted octanol–water partition coefficient (Wildman–Crippen LogP) is 1.93. The van der Waals surface area contributed by atoms with Crippen molar-refractivity contribution < 1.29 is 14.3 Å². The fourth-order valence-corrected chi connectivity index (χ4v) is 1.16. The van der Waals surface area contributed by atoms with Crippen LogP contribution in [0.15, 0.2) is 18.5 Å². The molecule has 0 aliphatic carbocycles. The molecule has 0 saturated heterocycles. The van der Waals surface area contributed by atoms with Gasteiger partial charge in [-0.1, -0.05) is 11.6 Å². The standard InChI is InChI=1S/C10H12ClNO3/c1-14-5-2-6-15-10(13)8-7-12-4-3-9(8)11/h3-4,7H,2,5-6H2,1H3. The lowest BCUT2D eigenvalue weighted by Gasteiger charge is -2.04. The highest BCUT2D eigenvalue weighted by molar-refractivity contribution is 6.33. The largest absolute Gasteiger partial charge is 0.462 e. The van der Waals surface area contributed by atoms with Crippen molar-refractivity contribution in [1.82, 2.24) is 4.98 Å². The van der Waals surface area contributed by atoms with Gasteiger partial charge < -0.3 is 9.47 Å². The Balaban J connectivity index is 2.44. The third-order valence-corrected chi connectivity index (χ3v) is 2.04. The van der Waals surface area contributed by atoms with Crippen molar-refractivity contribution in [2.24, 2.45) is 0 Å². The van der Waals surface area contributed by atoms with Gasteiger partial charge in [0.05, 0.1) is 17.2 Å². The maximum Gasteiger partial charge on any atom is 0.341 e. The van der Waals surface area contributed by atoms with Crippen molar-refractivity contribution in [3.63, 3.8) is 0 Å². The molecule has 82 valence electrons. The van der Waals surface area contributed by atoms with Crippen LogP contribution in [0.3, 0.4) is 0 Å². The molecule has 1 heterocycles. The number of esters is 1. The van der Waals surface area contributed by atoms with Gasteiger partial charge in [0.2, 0.25) is 0 Å². The zero-order valence-corrected chi connectivity index (χ0v) is 9.16. The van der Waals surface area contributed by atoms with Crippen molar-refractivity contribution in [2.45, 2.75) is 6.42 Å². The van der Waals surface area contributed by atoms with Crippen molar-refractivity contribution in [3.05, 3.63) is 29.0 Å². The molecular formula is C10H12ClNO3. The lowest BCUT2D eigenvalue weighted by molar-refractivity contribution is 0.0468. The summed E-state index contributed by atoms with van der Waals surface area (Å²) in [4.78, 5) is 15.2. The van der Waals surface area contributed by atoms with Gasteiger partial charge in [-0.15, -0.1) is 0 Å². The van der Waals surface area contributed by atoms with Gasteiger partial charge in [0, 0.05) is 32.5 Å². The fourth-order valence-electron chi connectivity index (χ4n) is 0.974. The number of hydrogen-bond donors (Lipinski definition) is 0. The molecule has 1 aromatic heterocycles. The first-order valence-electron chi connectivity index (χ1n) is 4.51. The summed E-state index contributed by atoms with van der Waals surface area (Å²) in [7, 11) is 1.60. The summed E-state index contributed by atoms with van der Waals surface area (Å²) in [5, 5.41) is 0.349. The summed E-state index contributed by atoms with van der Waals surface area (Å²) in [6.07, 6.45) is 3.57. The summed E-state index contributed by atoms with van der Waals surface area (Å²) in [6.45, 7) is 0.881. The van der Waals surface area contributed by atoms with Crippen LogP contribution in [0, 0.1) is 0 Å². The summed E-state index contributed by atoms with van der Waals surface area (Å²) in [5.41, 5.74) is 0.289. The van der Waals surface area contributed by atoms with Gasteiger partial charge in [-0.25, -0.2) is 4.79 Å². The highest BCUT2D eigenvalue weighted by atomic mass is 35.5. The molecule has 1 aromatic rings. The van der Waals surface area contributed by atoms with Crippen LogP contribution in [0.4, 0.5) is 0 Å². The van der Waals surface area contributed by atoms with E-state index in [0.29, 0.717) is 24.7 Å². The monoisotopic (exact) mass is 229 g/mol. The molecule has 0 saturated carbocycles. The number of rotatable bonds is 5. The maximum absolute atomic E-state index is 11.4. The first-order valence-corrected chi connectivity index (χ1v) is 4.89. The average Bonchev–Trinajstić information content (AvgIpc) is 2.25. The molecule has 4 nitrogen and oxygen atoms in total. The van der Waals surface area contributed by atoms with E-state index >= 15 is 0 Å². The topological polar surface area (TPSA) is 48.4 Å². The third-order valence-electron chi connectivity index (χ3n) is 1.71. The first-order chi connectivity index (χ1) is 7.25. The molecule has 0 spiro atoms. The number of carbonyl (C=O) groups excluding carboxylic acids is 1. The SMILES string of the molecule is COCCCOC(=O)c1cnccc1Cl. The minimum absolute atomic E-state index is 0.289. The summed E-state index contributed by atoms with van der Waals surface area (Å²) < 4.78 is 9.79. The molecule has 5 heteroatoms. The van der Waals surface area contributed by atoms with Crippen molar-refractivity contribution in [2.75, 3.05) is 20.3 Å². The fraction of sp³-hybridized carbons (Fsp3) is 0.400. The Bertz CT molecular complexity index is 330. The van der Waals surface area contributed by atoms with Gasteiger partial charge in [-0.2, -0.15) is 0 Å². The van der Waals surface area contributed by atoms with Crippen LogP contribution in [-0.2, 0) is 9.47 Å². The van der Waals surface area contributed by atoms with Crippen molar-refractivity contribution in [1.29, 1.82) is 0 Å². The lowest BCUT2D eigenvalue weighted by atomic mass is 10.3. The van der Waals surface area contributed by atoms with Crippen LogP contribution in [0.25, 0.3) is 0 Å². The number of aromatic nitrogens is 1. The number of nitrogens with zero attached hydrogens (tertiary/aromatic N) is 1. The van der Waals surface area contributed by atoms with Gasteiger partial charge in [0.25, 0.3) is 0 Å².